The number of carbonyl (C=O) groups is 1. The number of nitrogens with one attached hydrogen (secondary N) is 2. The van der Waals surface area contributed by atoms with Gasteiger partial charge in [0.25, 0.3) is 11.5 Å². The predicted molar refractivity (Wildman–Crippen MR) is 158 cm³/mol. The Bertz CT molecular complexity index is 1750. The Morgan fingerprint density at radius 1 is 1.10 bits per heavy atom. The standard InChI is InChI=1S/C30H36N4O5S/c1-18(2)40(37,38)34-16-19(3)28-24(29(35)31-15-25-27(39-7)11-20(4)32-30(25)36)13-23(14-26(28)34)22-10-8-9-21(12-22)17-33(5)6/h8-14,16,18H,15,17H2,1-7H3,(H,31,35)(H,32,36). The van der Waals surface area contributed by atoms with E-state index in [1.807, 2.05) is 44.4 Å². The highest BCUT2D eigenvalue weighted by molar-refractivity contribution is 7.90. The van der Waals surface area contributed by atoms with Crippen LogP contribution in [0.2, 0.25) is 0 Å². The van der Waals surface area contributed by atoms with E-state index in [2.05, 4.69) is 15.2 Å². The van der Waals surface area contributed by atoms with Crippen molar-refractivity contribution in [2.24, 2.45) is 0 Å². The quantitative estimate of drug-likeness (QED) is 0.315. The number of rotatable bonds is 9. The highest BCUT2D eigenvalue weighted by Crippen LogP contribution is 2.33. The largest absolute Gasteiger partial charge is 0.496 e. The maximum absolute atomic E-state index is 13.7. The topological polar surface area (TPSA) is 113 Å². The Labute approximate surface area is 234 Å². The fraction of sp³-hybridized carbons (Fsp3) is 0.333. The molecule has 2 aromatic heterocycles. The fourth-order valence-corrected chi connectivity index (χ4v) is 6.00. The molecule has 1 amide bonds. The van der Waals surface area contributed by atoms with E-state index in [0.29, 0.717) is 44.6 Å². The molecule has 212 valence electrons. The molecule has 0 unspecified atom stereocenters. The highest BCUT2D eigenvalue weighted by atomic mass is 32.2. The van der Waals surface area contributed by atoms with E-state index < -0.39 is 21.2 Å². The lowest BCUT2D eigenvalue weighted by molar-refractivity contribution is 0.0952. The van der Waals surface area contributed by atoms with Crippen LogP contribution in [0.3, 0.4) is 0 Å². The SMILES string of the molecule is COc1cc(C)[nH]c(=O)c1CNC(=O)c1cc(-c2cccc(CN(C)C)c2)cc2c1c(C)cn2S(=O)(=O)C(C)C. The number of aromatic amines is 1. The van der Waals surface area contributed by atoms with Gasteiger partial charge in [-0.2, -0.15) is 0 Å². The number of H-pyrrole nitrogens is 1. The van der Waals surface area contributed by atoms with Crippen molar-refractivity contribution >= 4 is 26.8 Å². The number of aryl methyl sites for hydroxylation is 2. The number of methoxy groups -OCH3 is 1. The van der Waals surface area contributed by atoms with Crippen molar-refractivity contribution in [1.82, 2.24) is 19.2 Å². The van der Waals surface area contributed by atoms with E-state index in [1.54, 1.807) is 46.0 Å². The lowest BCUT2D eigenvalue weighted by Gasteiger charge is -2.15. The molecule has 0 aliphatic rings. The van der Waals surface area contributed by atoms with E-state index in [9.17, 15) is 18.0 Å². The average molecular weight is 565 g/mol. The van der Waals surface area contributed by atoms with E-state index in [-0.39, 0.29) is 12.1 Å². The lowest BCUT2D eigenvalue weighted by atomic mass is 9.97. The Kier molecular flexibility index (Phi) is 8.23. The number of hydrogen-bond donors (Lipinski definition) is 2. The zero-order chi connectivity index (χ0) is 29.4. The van der Waals surface area contributed by atoms with Crippen LogP contribution in [0.15, 0.2) is 53.5 Å². The molecule has 0 radical (unpaired) electrons. The summed E-state index contributed by atoms with van der Waals surface area (Å²) >= 11 is 0. The van der Waals surface area contributed by atoms with Crippen molar-refractivity contribution < 1.29 is 17.9 Å². The first-order valence-corrected chi connectivity index (χ1v) is 14.5. The van der Waals surface area contributed by atoms with Crippen molar-refractivity contribution in [3.63, 3.8) is 0 Å². The molecule has 0 saturated carbocycles. The predicted octanol–water partition coefficient (Wildman–Crippen LogP) is 4.20. The third kappa shape index (κ3) is 5.68. The number of carbonyl (C=O) groups excluding carboxylic acids is 1. The van der Waals surface area contributed by atoms with E-state index >= 15 is 0 Å². The number of fused-ring (bicyclic) bond motifs is 1. The van der Waals surface area contributed by atoms with Gasteiger partial charge in [0.05, 0.1) is 30.0 Å². The molecule has 0 bridgehead atoms. The summed E-state index contributed by atoms with van der Waals surface area (Å²) in [5, 5.41) is 2.73. The first-order valence-electron chi connectivity index (χ1n) is 13.0. The Balaban J connectivity index is 1.88. The normalized spacial score (nSPS) is 11.9. The number of pyridine rings is 1. The molecule has 0 aliphatic heterocycles. The van der Waals surface area contributed by atoms with Crippen molar-refractivity contribution in [2.45, 2.75) is 46.0 Å². The van der Waals surface area contributed by atoms with Crippen LogP contribution in [0.25, 0.3) is 22.0 Å². The molecule has 0 fully saturated rings. The minimum Gasteiger partial charge on any atom is -0.496 e. The first kappa shape index (κ1) is 29.1. The van der Waals surface area contributed by atoms with Crippen LogP contribution in [-0.4, -0.2) is 54.6 Å². The van der Waals surface area contributed by atoms with Gasteiger partial charge in [0, 0.05) is 29.4 Å². The average Bonchev–Trinajstić information content (AvgIpc) is 3.23. The maximum Gasteiger partial charge on any atom is 0.256 e. The van der Waals surface area contributed by atoms with Crippen LogP contribution in [0.5, 0.6) is 5.75 Å². The summed E-state index contributed by atoms with van der Waals surface area (Å²) in [6.07, 6.45) is 1.57. The first-order chi connectivity index (χ1) is 18.8. The van der Waals surface area contributed by atoms with Crippen molar-refractivity contribution in [3.8, 4) is 16.9 Å². The van der Waals surface area contributed by atoms with E-state index in [4.69, 9.17) is 4.74 Å². The lowest BCUT2D eigenvalue weighted by Crippen LogP contribution is -2.28. The molecule has 40 heavy (non-hydrogen) atoms. The molecular weight excluding hydrogens is 528 g/mol. The smallest absolute Gasteiger partial charge is 0.256 e. The maximum atomic E-state index is 13.7. The van der Waals surface area contributed by atoms with Crippen LogP contribution in [-0.2, 0) is 23.1 Å². The Hall–Kier alpha value is -3.89. The summed E-state index contributed by atoms with van der Waals surface area (Å²) in [6.45, 7) is 7.47. The summed E-state index contributed by atoms with van der Waals surface area (Å²) in [5.74, 6) is -0.0513. The number of nitrogens with zero attached hydrogens (tertiary/aromatic N) is 2. The molecule has 2 N–H and O–H groups in total. The van der Waals surface area contributed by atoms with Crippen LogP contribution in [0, 0.1) is 13.8 Å². The summed E-state index contributed by atoms with van der Waals surface area (Å²) in [5.41, 5.74) is 4.65. The number of hydrogen-bond acceptors (Lipinski definition) is 6. The van der Waals surface area contributed by atoms with Gasteiger partial charge in [0.15, 0.2) is 0 Å². The van der Waals surface area contributed by atoms with Gasteiger partial charge in [-0.05, 0) is 88.3 Å². The molecule has 0 spiro atoms. The van der Waals surface area contributed by atoms with Gasteiger partial charge in [-0.15, -0.1) is 0 Å². The molecule has 2 heterocycles. The molecule has 0 aliphatic carbocycles. The zero-order valence-electron chi connectivity index (χ0n) is 24.0. The molecule has 10 heteroatoms. The molecule has 0 atom stereocenters. The summed E-state index contributed by atoms with van der Waals surface area (Å²) in [6, 6.07) is 13.3. The minimum atomic E-state index is -3.71. The number of benzene rings is 2. The third-order valence-electron chi connectivity index (χ3n) is 6.81. The number of aromatic nitrogens is 2. The van der Waals surface area contributed by atoms with Crippen LogP contribution in [0.4, 0.5) is 0 Å². The molecular formula is C30H36N4O5S. The van der Waals surface area contributed by atoms with E-state index in [0.717, 1.165) is 17.7 Å². The van der Waals surface area contributed by atoms with Gasteiger partial charge in [-0.1, -0.05) is 18.2 Å². The van der Waals surface area contributed by atoms with Gasteiger partial charge in [-0.3, -0.25) is 9.59 Å². The van der Waals surface area contributed by atoms with Crippen LogP contribution in [0.1, 0.15) is 46.6 Å². The molecule has 0 saturated heterocycles. The molecule has 4 aromatic rings. The van der Waals surface area contributed by atoms with Crippen molar-refractivity contribution in [3.05, 3.63) is 87.0 Å². The third-order valence-corrected chi connectivity index (χ3v) is 8.85. The second-order valence-corrected chi connectivity index (χ2v) is 12.9. The number of ether oxygens (including phenoxy) is 1. The highest BCUT2D eigenvalue weighted by Gasteiger charge is 2.25. The second kappa shape index (κ2) is 11.3. The van der Waals surface area contributed by atoms with Gasteiger partial charge in [0.2, 0.25) is 10.0 Å². The van der Waals surface area contributed by atoms with Crippen molar-refractivity contribution in [2.75, 3.05) is 21.2 Å². The van der Waals surface area contributed by atoms with E-state index in [1.165, 1.54) is 11.1 Å². The van der Waals surface area contributed by atoms with Crippen LogP contribution >= 0.6 is 0 Å². The van der Waals surface area contributed by atoms with Crippen LogP contribution < -0.4 is 15.6 Å². The van der Waals surface area contributed by atoms with Crippen molar-refractivity contribution in [1.29, 1.82) is 0 Å². The Morgan fingerprint density at radius 2 is 1.82 bits per heavy atom. The molecule has 4 rings (SSSR count). The summed E-state index contributed by atoms with van der Waals surface area (Å²) in [7, 11) is 1.74. The van der Waals surface area contributed by atoms with Gasteiger partial charge >= 0.3 is 0 Å². The summed E-state index contributed by atoms with van der Waals surface area (Å²) in [4.78, 5) is 31.1. The van der Waals surface area contributed by atoms with Gasteiger partial charge in [-0.25, -0.2) is 12.4 Å². The minimum absolute atomic E-state index is 0.0638. The Morgan fingerprint density at radius 3 is 2.48 bits per heavy atom. The molecule has 9 nitrogen and oxygen atoms in total. The molecule has 2 aromatic carbocycles. The second-order valence-electron chi connectivity index (χ2n) is 10.6. The fourth-order valence-electron chi connectivity index (χ4n) is 4.82. The number of amides is 1. The van der Waals surface area contributed by atoms with Gasteiger partial charge < -0.3 is 19.9 Å². The summed E-state index contributed by atoms with van der Waals surface area (Å²) < 4.78 is 33.3. The van der Waals surface area contributed by atoms with Gasteiger partial charge in [0.1, 0.15) is 5.75 Å². The monoisotopic (exact) mass is 564 g/mol. The zero-order valence-corrected chi connectivity index (χ0v) is 24.8.